The van der Waals surface area contributed by atoms with E-state index in [-0.39, 0.29) is 16.9 Å². The highest BCUT2D eigenvalue weighted by Crippen LogP contribution is 2.62. The Balaban J connectivity index is 1.63. The third-order valence-corrected chi connectivity index (χ3v) is 8.60. The van der Waals surface area contributed by atoms with Gasteiger partial charge in [0.05, 0.1) is 6.10 Å². The van der Waals surface area contributed by atoms with E-state index in [0.717, 1.165) is 38.5 Å². The molecular weight excluding hydrogens is 366 g/mol. The minimum absolute atomic E-state index is 0.0155. The summed E-state index contributed by atoms with van der Waals surface area (Å²) in [7, 11) is 0. The highest BCUT2D eigenvalue weighted by atomic mass is 16.3. The summed E-state index contributed by atoms with van der Waals surface area (Å²) in [6.07, 6.45) is 9.59. The maximum Gasteiger partial charge on any atom is 0.0597 e. The van der Waals surface area contributed by atoms with Crippen molar-refractivity contribution in [3.05, 3.63) is 59.8 Å². The predicted octanol–water partition coefficient (Wildman–Crippen LogP) is 7.21. The van der Waals surface area contributed by atoms with Gasteiger partial charge in [0, 0.05) is 11.2 Å². The van der Waals surface area contributed by atoms with Gasteiger partial charge in [-0.3, -0.25) is 0 Å². The van der Waals surface area contributed by atoms with Crippen molar-refractivity contribution >= 4 is 10.9 Å². The molecule has 2 aliphatic carbocycles. The second-order valence-corrected chi connectivity index (χ2v) is 10.8. The fourth-order valence-electron chi connectivity index (χ4n) is 6.84. The van der Waals surface area contributed by atoms with E-state index in [1.165, 1.54) is 34.2 Å². The van der Waals surface area contributed by atoms with Gasteiger partial charge in [0.1, 0.15) is 0 Å². The first-order chi connectivity index (χ1) is 14.2. The molecule has 1 aromatic carbocycles. The highest BCUT2D eigenvalue weighted by molar-refractivity contribution is 5.80. The number of aliphatic hydroxyl groups excluding tert-OH is 1. The molecule has 2 aliphatic rings. The van der Waals surface area contributed by atoms with Crippen LogP contribution in [0.25, 0.3) is 10.9 Å². The zero-order valence-electron chi connectivity index (χ0n) is 19.3. The van der Waals surface area contributed by atoms with Crippen LogP contribution in [0, 0.1) is 22.7 Å². The molecule has 0 unspecified atom stereocenters. The first-order valence-corrected chi connectivity index (χ1v) is 11.8. The molecule has 0 bridgehead atoms. The number of fused-ring (bicyclic) bond motifs is 2. The molecule has 2 saturated carbocycles. The largest absolute Gasteiger partial charge is 0.393 e. The zero-order chi connectivity index (χ0) is 21.5. The Morgan fingerprint density at radius 1 is 1.23 bits per heavy atom. The maximum absolute atomic E-state index is 11.1. The van der Waals surface area contributed by atoms with Gasteiger partial charge in [0.15, 0.2) is 0 Å². The van der Waals surface area contributed by atoms with E-state index in [0.29, 0.717) is 11.8 Å². The molecule has 0 radical (unpaired) electrons. The molecule has 1 aromatic heterocycles. The quantitative estimate of drug-likeness (QED) is 0.507. The van der Waals surface area contributed by atoms with E-state index in [4.69, 9.17) is 0 Å². The van der Waals surface area contributed by atoms with Crippen molar-refractivity contribution in [3.63, 3.8) is 0 Å². The van der Waals surface area contributed by atoms with Crippen molar-refractivity contribution in [2.24, 2.45) is 22.7 Å². The van der Waals surface area contributed by atoms with Crippen molar-refractivity contribution in [2.75, 3.05) is 0 Å². The number of benzene rings is 1. The number of hydrogen-bond acceptors (Lipinski definition) is 1. The van der Waals surface area contributed by atoms with E-state index in [2.05, 4.69) is 75.7 Å². The summed E-state index contributed by atoms with van der Waals surface area (Å²) in [5.41, 5.74) is 5.52. The summed E-state index contributed by atoms with van der Waals surface area (Å²) in [6.45, 7) is 13.8. The molecule has 0 amide bonds. The maximum atomic E-state index is 11.1. The van der Waals surface area contributed by atoms with E-state index >= 15 is 0 Å². The van der Waals surface area contributed by atoms with Crippen LogP contribution in [-0.4, -0.2) is 16.2 Å². The van der Waals surface area contributed by atoms with Crippen LogP contribution in [-0.2, 0) is 6.42 Å². The Morgan fingerprint density at radius 2 is 2.00 bits per heavy atom. The SMILES string of the molecule is C=C1CC[C@H]2[C@](C)(CCC=C(C)C)[C@@H](O)CC[C@]2(C)[C@H]1Cc1cc2ccccc2[nH]1. The zero-order valence-corrected chi connectivity index (χ0v) is 19.3. The number of rotatable bonds is 5. The second-order valence-electron chi connectivity index (χ2n) is 10.8. The molecule has 0 spiro atoms. The number of para-hydroxylation sites is 1. The lowest BCUT2D eigenvalue weighted by Gasteiger charge is -2.60. The van der Waals surface area contributed by atoms with Gasteiger partial charge < -0.3 is 10.1 Å². The van der Waals surface area contributed by atoms with E-state index in [1.807, 2.05) is 0 Å². The molecule has 4 rings (SSSR count). The second kappa shape index (κ2) is 8.04. The third kappa shape index (κ3) is 3.68. The fourth-order valence-corrected chi connectivity index (χ4v) is 6.84. The Morgan fingerprint density at radius 3 is 2.73 bits per heavy atom. The molecular formula is C28H39NO. The number of H-pyrrole nitrogens is 1. The Kier molecular flexibility index (Phi) is 5.74. The van der Waals surface area contributed by atoms with Gasteiger partial charge in [0.25, 0.3) is 0 Å². The minimum Gasteiger partial charge on any atom is -0.393 e. The number of aromatic amines is 1. The number of aromatic nitrogens is 1. The van der Waals surface area contributed by atoms with Crippen LogP contribution in [0.1, 0.15) is 71.9 Å². The van der Waals surface area contributed by atoms with Gasteiger partial charge in [-0.1, -0.05) is 55.8 Å². The van der Waals surface area contributed by atoms with Crippen molar-refractivity contribution < 1.29 is 5.11 Å². The van der Waals surface area contributed by atoms with Crippen molar-refractivity contribution in [2.45, 2.75) is 78.7 Å². The van der Waals surface area contributed by atoms with Crippen LogP contribution in [0.3, 0.4) is 0 Å². The predicted molar refractivity (Wildman–Crippen MR) is 127 cm³/mol. The van der Waals surface area contributed by atoms with Crippen LogP contribution in [0.2, 0.25) is 0 Å². The summed E-state index contributed by atoms with van der Waals surface area (Å²) < 4.78 is 0. The average Bonchev–Trinajstić information content (AvgIpc) is 3.11. The van der Waals surface area contributed by atoms with E-state index in [9.17, 15) is 5.11 Å². The summed E-state index contributed by atoms with van der Waals surface area (Å²) in [4.78, 5) is 3.65. The topological polar surface area (TPSA) is 36.0 Å². The van der Waals surface area contributed by atoms with Crippen molar-refractivity contribution in [1.29, 1.82) is 0 Å². The van der Waals surface area contributed by atoms with Crippen LogP contribution in [0.4, 0.5) is 0 Å². The van der Waals surface area contributed by atoms with Gasteiger partial charge in [-0.15, -0.1) is 0 Å². The van der Waals surface area contributed by atoms with Crippen LogP contribution < -0.4 is 0 Å². The number of allylic oxidation sites excluding steroid dienone is 3. The fraction of sp³-hybridized carbons (Fsp3) is 0.571. The number of aliphatic hydroxyl groups is 1. The standard InChI is InChI=1S/C28H39NO/c1-19(2)9-8-15-28(5)25-13-12-20(3)23(27(25,4)16-14-26(28)30)18-22-17-21-10-6-7-11-24(21)29-22/h6-7,9-11,17,23,25-26,29-30H,3,8,12-16,18H2,1-2,4-5H3/t23-,25+,26-,27+,28-/m0/s1. The summed E-state index contributed by atoms with van der Waals surface area (Å²) in [5, 5.41) is 12.4. The average molecular weight is 406 g/mol. The number of hydrogen-bond donors (Lipinski definition) is 2. The number of nitrogens with one attached hydrogen (secondary N) is 1. The van der Waals surface area contributed by atoms with Gasteiger partial charge >= 0.3 is 0 Å². The summed E-state index contributed by atoms with van der Waals surface area (Å²) >= 11 is 0. The molecule has 2 heteroatoms. The highest BCUT2D eigenvalue weighted by Gasteiger charge is 2.57. The molecule has 0 aliphatic heterocycles. The minimum atomic E-state index is -0.193. The smallest absolute Gasteiger partial charge is 0.0597 e. The molecule has 2 nitrogen and oxygen atoms in total. The van der Waals surface area contributed by atoms with E-state index in [1.54, 1.807) is 0 Å². The molecule has 0 saturated heterocycles. The Labute approximate surface area is 182 Å². The molecule has 162 valence electrons. The van der Waals surface area contributed by atoms with Gasteiger partial charge in [-0.2, -0.15) is 0 Å². The van der Waals surface area contributed by atoms with Crippen LogP contribution >= 0.6 is 0 Å². The monoisotopic (exact) mass is 405 g/mol. The van der Waals surface area contributed by atoms with Crippen LogP contribution in [0.5, 0.6) is 0 Å². The molecule has 5 atom stereocenters. The Hall–Kier alpha value is -1.80. The lowest BCUT2D eigenvalue weighted by atomic mass is 9.45. The normalized spacial score (nSPS) is 34.0. The third-order valence-electron chi connectivity index (χ3n) is 8.60. The lowest BCUT2D eigenvalue weighted by molar-refractivity contribution is -0.136. The molecule has 2 aromatic rings. The van der Waals surface area contributed by atoms with E-state index < -0.39 is 0 Å². The molecule has 2 N–H and O–H groups in total. The summed E-state index contributed by atoms with van der Waals surface area (Å²) in [6, 6.07) is 10.9. The van der Waals surface area contributed by atoms with Crippen molar-refractivity contribution in [3.8, 4) is 0 Å². The van der Waals surface area contributed by atoms with Gasteiger partial charge in [-0.05, 0) is 99.0 Å². The van der Waals surface area contributed by atoms with Crippen molar-refractivity contribution in [1.82, 2.24) is 4.98 Å². The first-order valence-electron chi connectivity index (χ1n) is 11.8. The van der Waals surface area contributed by atoms with Gasteiger partial charge in [0.2, 0.25) is 0 Å². The Bertz CT molecular complexity index is 915. The summed E-state index contributed by atoms with van der Waals surface area (Å²) in [5.74, 6) is 1.01. The molecule has 30 heavy (non-hydrogen) atoms. The molecule has 1 heterocycles. The van der Waals surface area contributed by atoms with Gasteiger partial charge in [-0.25, -0.2) is 0 Å². The molecule has 2 fully saturated rings. The first kappa shape index (κ1) is 21.4. The van der Waals surface area contributed by atoms with Crippen LogP contribution in [0.15, 0.2) is 54.1 Å². The lowest BCUT2D eigenvalue weighted by Crippen LogP contribution is -2.56.